The molecule has 0 N–H and O–H groups in total. The minimum absolute atomic E-state index is 0.0933. The monoisotopic (exact) mass is 256 g/mol. The second-order valence-electron chi connectivity index (χ2n) is 5.64. The van der Waals surface area contributed by atoms with E-state index >= 15 is 0 Å². The highest BCUT2D eigenvalue weighted by Gasteiger charge is 2.45. The van der Waals surface area contributed by atoms with Crippen molar-refractivity contribution in [3.63, 3.8) is 0 Å². The molecule has 106 valence electrons. The number of ether oxygens (including phenoxy) is 2. The van der Waals surface area contributed by atoms with Crippen molar-refractivity contribution in [2.45, 2.75) is 65.4 Å². The topological polar surface area (TPSA) is 35.5 Å². The van der Waals surface area contributed by atoms with E-state index in [0.29, 0.717) is 18.4 Å². The molecule has 0 bridgehead atoms. The van der Waals surface area contributed by atoms with E-state index < -0.39 is 0 Å². The molecule has 1 aliphatic rings. The van der Waals surface area contributed by atoms with E-state index in [2.05, 4.69) is 20.8 Å². The first-order valence-corrected chi connectivity index (χ1v) is 7.26. The van der Waals surface area contributed by atoms with Gasteiger partial charge in [0.1, 0.15) is 0 Å². The molecule has 0 aliphatic heterocycles. The van der Waals surface area contributed by atoms with Crippen LogP contribution < -0.4 is 0 Å². The van der Waals surface area contributed by atoms with Gasteiger partial charge in [-0.05, 0) is 30.6 Å². The van der Waals surface area contributed by atoms with E-state index in [1.165, 1.54) is 13.5 Å². The van der Waals surface area contributed by atoms with Gasteiger partial charge in [-0.15, -0.1) is 0 Å². The summed E-state index contributed by atoms with van der Waals surface area (Å²) in [6.07, 6.45) is 6.41. The summed E-state index contributed by atoms with van der Waals surface area (Å²) in [4.78, 5) is 11.5. The lowest BCUT2D eigenvalue weighted by Crippen LogP contribution is -2.38. The SMILES string of the molecule is CCCOC1CCCC1(C)C(CC)CC(=O)OC. The van der Waals surface area contributed by atoms with Crippen LogP contribution in [0.15, 0.2) is 0 Å². The first-order chi connectivity index (χ1) is 8.58. The second-order valence-corrected chi connectivity index (χ2v) is 5.64. The van der Waals surface area contributed by atoms with E-state index in [9.17, 15) is 4.79 Å². The molecule has 1 saturated carbocycles. The van der Waals surface area contributed by atoms with Crippen LogP contribution in [0.4, 0.5) is 0 Å². The molecule has 3 nitrogen and oxygen atoms in total. The molecule has 0 amide bonds. The summed E-state index contributed by atoms with van der Waals surface area (Å²) in [6, 6.07) is 0. The lowest BCUT2D eigenvalue weighted by atomic mass is 9.71. The van der Waals surface area contributed by atoms with Crippen LogP contribution >= 0.6 is 0 Å². The molecular formula is C15H28O3. The van der Waals surface area contributed by atoms with Gasteiger partial charge in [-0.2, -0.15) is 0 Å². The molecule has 0 spiro atoms. The van der Waals surface area contributed by atoms with E-state index in [-0.39, 0.29) is 11.4 Å². The predicted molar refractivity (Wildman–Crippen MR) is 72.4 cm³/mol. The summed E-state index contributed by atoms with van der Waals surface area (Å²) >= 11 is 0. The second kappa shape index (κ2) is 7.13. The summed E-state index contributed by atoms with van der Waals surface area (Å²) in [7, 11) is 1.47. The summed E-state index contributed by atoms with van der Waals surface area (Å²) in [6.45, 7) is 7.42. The Morgan fingerprint density at radius 2 is 2.17 bits per heavy atom. The zero-order chi connectivity index (χ0) is 13.6. The van der Waals surface area contributed by atoms with Crippen LogP contribution in [0.2, 0.25) is 0 Å². The van der Waals surface area contributed by atoms with Crippen LogP contribution in [0, 0.1) is 11.3 Å². The Labute approximate surface area is 111 Å². The van der Waals surface area contributed by atoms with Crippen LogP contribution in [0.3, 0.4) is 0 Å². The average molecular weight is 256 g/mol. The molecule has 3 unspecified atom stereocenters. The Balaban J connectivity index is 2.70. The molecular weight excluding hydrogens is 228 g/mol. The van der Waals surface area contributed by atoms with Gasteiger partial charge in [-0.25, -0.2) is 0 Å². The molecule has 1 fully saturated rings. The van der Waals surface area contributed by atoms with E-state index in [4.69, 9.17) is 9.47 Å². The Hall–Kier alpha value is -0.570. The number of carbonyl (C=O) groups excluding carboxylic acids is 1. The number of hydrogen-bond donors (Lipinski definition) is 0. The minimum Gasteiger partial charge on any atom is -0.469 e. The lowest BCUT2D eigenvalue weighted by molar-refractivity contribution is -0.144. The highest BCUT2D eigenvalue weighted by atomic mass is 16.5. The summed E-state index contributed by atoms with van der Waals surface area (Å²) in [5, 5.41) is 0. The molecule has 0 radical (unpaired) electrons. The summed E-state index contributed by atoms with van der Waals surface area (Å²) < 4.78 is 10.8. The molecule has 1 rings (SSSR count). The van der Waals surface area contributed by atoms with Crippen LogP contribution in [0.25, 0.3) is 0 Å². The van der Waals surface area contributed by atoms with Gasteiger partial charge in [-0.1, -0.05) is 33.6 Å². The van der Waals surface area contributed by atoms with Crippen molar-refractivity contribution in [1.29, 1.82) is 0 Å². The third kappa shape index (κ3) is 3.47. The zero-order valence-corrected chi connectivity index (χ0v) is 12.3. The maximum absolute atomic E-state index is 11.5. The van der Waals surface area contributed by atoms with Gasteiger partial charge in [-0.3, -0.25) is 4.79 Å². The number of hydrogen-bond acceptors (Lipinski definition) is 3. The van der Waals surface area contributed by atoms with E-state index in [1.807, 2.05) is 0 Å². The Bertz CT molecular complexity index is 264. The maximum atomic E-state index is 11.5. The van der Waals surface area contributed by atoms with E-state index in [0.717, 1.165) is 32.3 Å². The van der Waals surface area contributed by atoms with Crippen LogP contribution in [-0.4, -0.2) is 25.8 Å². The Morgan fingerprint density at radius 3 is 2.72 bits per heavy atom. The fourth-order valence-corrected chi connectivity index (χ4v) is 3.29. The van der Waals surface area contributed by atoms with Crippen LogP contribution in [0.1, 0.15) is 59.3 Å². The van der Waals surface area contributed by atoms with Crippen molar-refractivity contribution in [3.8, 4) is 0 Å². The molecule has 0 aromatic rings. The van der Waals surface area contributed by atoms with Crippen LogP contribution in [-0.2, 0) is 14.3 Å². The summed E-state index contributed by atoms with van der Waals surface area (Å²) in [5.41, 5.74) is 0.137. The molecule has 0 aromatic heterocycles. The maximum Gasteiger partial charge on any atom is 0.305 e. The fraction of sp³-hybridized carbons (Fsp3) is 0.933. The van der Waals surface area contributed by atoms with Crippen molar-refractivity contribution in [2.75, 3.05) is 13.7 Å². The highest BCUT2D eigenvalue weighted by molar-refractivity contribution is 5.69. The van der Waals surface area contributed by atoms with Crippen molar-refractivity contribution < 1.29 is 14.3 Å². The van der Waals surface area contributed by atoms with Crippen LogP contribution in [0.5, 0.6) is 0 Å². The molecule has 3 atom stereocenters. The number of carbonyl (C=O) groups is 1. The first kappa shape index (κ1) is 15.5. The van der Waals surface area contributed by atoms with E-state index in [1.54, 1.807) is 0 Å². The Kier molecular flexibility index (Phi) is 6.13. The predicted octanol–water partition coefficient (Wildman–Crippen LogP) is 3.56. The molecule has 3 heteroatoms. The van der Waals surface area contributed by atoms with Gasteiger partial charge in [0.15, 0.2) is 0 Å². The molecule has 0 aromatic carbocycles. The summed E-state index contributed by atoms with van der Waals surface area (Å²) in [5.74, 6) is 0.276. The number of esters is 1. The smallest absolute Gasteiger partial charge is 0.305 e. The van der Waals surface area contributed by atoms with Crippen molar-refractivity contribution in [3.05, 3.63) is 0 Å². The van der Waals surface area contributed by atoms with Gasteiger partial charge in [0, 0.05) is 13.0 Å². The zero-order valence-electron chi connectivity index (χ0n) is 12.3. The number of methoxy groups -OCH3 is 1. The van der Waals surface area contributed by atoms with Crippen molar-refractivity contribution >= 4 is 5.97 Å². The van der Waals surface area contributed by atoms with Gasteiger partial charge in [0.25, 0.3) is 0 Å². The largest absolute Gasteiger partial charge is 0.469 e. The molecule has 1 aliphatic carbocycles. The fourth-order valence-electron chi connectivity index (χ4n) is 3.29. The lowest BCUT2D eigenvalue weighted by Gasteiger charge is -2.38. The molecule has 18 heavy (non-hydrogen) atoms. The van der Waals surface area contributed by atoms with Crippen molar-refractivity contribution in [2.24, 2.45) is 11.3 Å². The van der Waals surface area contributed by atoms with Gasteiger partial charge < -0.3 is 9.47 Å². The highest BCUT2D eigenvalue weighted by Crippen LogP contribution is 2.48. The first-order valence-electron chi connectivity index (χ1n) is 7.26. The number of rotatable bonds is 7. The van der Waals surface area contributed by atoms with Gasteiger partial charge >= 0.3 is 5.97 Å². The molecule has 0 saturated heterocycles. The third-order valence-electron chi connectivity index (χ3n) is 4.51. The molecule has 0 heterocycles. The van der Waals surface area contributed by atoms with Gasteiger partial charge in [0.2, 0.25) is 0 Å². The third-order valence-corrected chi connectivity index (χ3v) is 4.51. The normalized spacial score (nSPS) is 29.2. The standard InChI is InChI=1S/C15H28O3/c1-5-10-18-13-8-7-9-15(13,3)12(6-2)11-14(16)17-4/h12-13H,5-11H2,1-4H3. The minimum atomic E-state index is -0.0933. The average Bonchev–Trinajstić information content (AvgIpc) is 2.75. The quantitative estimate of drug-likeness (QED) is 0.653. The Morgan fingerprint density at radius 1 is 1.44 bits per heavy atom. The van der Waals surface area contributed by atoms with Gasteiger partial charge in [0.05, 0.1) is 13.2 Å². The van der Waals surface area contributed by atoms with Crippen molar-refractivity contribution in [1.82, 2.24) is 0 Å².